The first kappa shape index (κ1) is 12.7. The Balaban J connectivity index is 2.20. The zero-order chi connectivity index (χ0) is 12.4. The molecule has 0 amide bonds. The lowest BCUT2D eigenvalue weighted by Crippen LogP contribution is -2.22. The van der Waals surface area contributed by atoms with Crippen molar-refractivity contribution in [2.45, 2.75) is 32.6 Å². The van der Waals surface area contributed by atoms with E-state index in [1.807, 2.05) is 0 Å². The zero-order valence-electron chi connectivity index (χ0n) is 9.88. The summed E-state index contributed by atoms with van der Waals surface area (Å²) in [7, 11) is 0. The molecule has 17 heavy (non-hydrogen) atoms. The molecule has 0 bridgehead atoms. The van der Waals surface area contributed by atoms with Crippen molar-refractivity contribution in [3.05, 3.63) is 34.1 Å². The molecule has 0 aliphatic heterocycles. The minimum atomic E-state index is -0.414. The van der Waals surface area contributed by atoms with Crippen LogP contribution in [0.1, 0.15) is 43.0 Å². The second kappa shape index (κ2) is 5.30. The highest BCUT2D eigenvalue weighted by Gasteiger charge is 2.28. The molecule has 0 saturated heterocycles. The molecular formula is C14H16BrFO. The van der Waals surface area contributed by atoms with Crippen molar-refractivity contribution in [2.24, 2.45) is 11.8 Å². The molecule has 1 aromatic rings. The van der Waals surface area contributed by atoms with Crippen LogP contribution >= 0.6 is 15.9 Å². The third kappa shape index (κ3) is 2.76. The molecule has 0 heterocycles. The second-order valence-corrected chi connectivity index (χ2v) is 5.77. The molecule has 0 aromatic heterocycles. The number of ketones is 1. The topological polar surface area (TPSA) is 17.1 Å². The Kier molecular flexibility index (Phi) is 3.97. The highest BCUT2D eigenvalue weighted by atomic mass is 79.9. The molecule has 0 radical (unpaired) electrons. The molecule has 1 nitrogen and oxygen atoms in total. The molecule has 0 unspecified atom stereocenters. The van der Waals surface area contributed by atoms with E-state index in [-0.39, 0.29) is 17.3 Å². The van der Waals surface area contributed by atoms with Gasteiger partial charge >= 0.3 is 0 Å². The first-order valence-electron chi connectivity index (χ1n) is 6.08. The lowest BCUT2D eigenvalue weighted by atomic mass is 9.79. The summed E-state index contributed by atoms with van der Waals surface area (Å²) in [4.78, 5) is 12.3. The largest absolute Gasteiger partial charge is 0.294 e. The highest BCUT2D eigenvalue weighted by Crippen LogP contribution is 2.33. The maximum absolute atomic E-state index is 13.7. The molecule has 0 atom stereocenters. The van der Waals surface area contributed by atoms with E-state index in [0.717, 1.165) is 25.7 Å². The minimum Gasteiger partial charge on any atom is -0.294 e. The van der Waals surface area contributed by atoms with Crippen LogP contribution in [0.25, 0.3) is 0 Å². The molecule has 1 fully saturated rings. The van der Waals surface area contributed by atoms with Gasteiger partial charge < -0.3 is 0 Å². The van der Waals surface area contributed by atoms with E-state index in [9.17, 15) is 9.18 Å². The van der Waals surface area contributed by atoms with Crippen LogP contribution in [0.3, 0.4) is 0 Å². The lowest BCUT2D eigenvalue weighted by molar-refractivity contribution is 0.0870. The van der Waals surface area contributed by atoms with Crippen molar-refractivity contribution in [2.75, 3.05) is 0 Å². The molecule has 1 aliphatic rings. The average molecular weight is 299 g/mol. The van der Waals surface area contributed by atoms with Crippen molar-refractivity contribution >= 4 is 21.7 Å². The van der Waals surface area contributed by atoms with Crippen molar-refractivity contribution in [1.82, 2.24) is 0 Å². The van der Waals surface area contributed by atoms with Crippen LogP contribution in [0.4, 0.5) is 4.39 Å². The van der Waals surface area contributed by atoms with Gasteiger partial charge in [-0.05, 0) is 46.8 Å². The van der Waals surface area contributed by atoms with Gasteiger partial charge in [0.05, 0.1) is 5.56 Å². The predicted octanol–water partition coefficient (Wildman–Crippen LogP) is 4.60. The Morgan fingerprint density at radius 1 is 1.29 bits per heavy atom. The van der Waals surface area contributed by atoms with Crippen molar-refractivity contribution in [3.8, 4) is 0 Å². The zero-order valence-corrected chi connectivity index (χ0v) is 11.5. The maximum atomic E-state index is 13.7. The fraction of sp³-hybridized carbons (Fsp3) is 0.500. The molecule has 1 aromatic carbocycles. The summed E-state index contributed by atoms with van der Waals surface area (Å²) in [6.07, 6.45) is 3.92. The first-order valence-corrected chi connectivity index (χ1v) is 6.87. The highest BCUT2D eigenvalue weighted by molar-refractivity contribution is 9.10. The Morgan fingerprint density at radius 3 is 2.53 bits per heavy atom. The summed E-state index contributed by atoms with van der Waals surface area (Å²) in [5.74, 6) is 0.243. The first-order chi connectivity index (χ1) is 8.09. The fourth-order valence-corrected chi connectivity index (χ4v) is 3.00. The summed E-state index contributed by atoms with van der Waals surface area (Å²) in [5, 5.41) is 0. The van der Waals surface area contributed by atoms with Crippen LogP contribution in [-0.2, 0) is 0 Å². The van der Waals surface area contributed by atoms with Gasteiger partial charge in [0.1, 0.15) is 5.82 Å². The molecule has 1 aliphatic carbocycles. The standard InChI is InChI=1S/C14H16BrFO/c1-9-5-7-10(8-6-9)14(17)13-11(15)3-2-4-12(13)16/h2-4,9-10H,5-8H2,1H3. The smallest absolute Gasteiger partial charge is 0.170 e. The number of benzene rings is 1. The normalized spacial score (nSPS) is 24.6. The van der Waals surface area contributed by atoms with E-state index in [1.54, 1.807) is 12.1 Å². The van der Waals surface area contributed by atoms with E-state index in [4.69, 9.17) is 0 Å². The van der Waals surface area contributed by atoms with E-state index in [0.29, 0.717) is 10.4 Å². The van der Waals surface area contributed by atoms with Gasteiger partial charge in [-0.15, -0.1) is 0 Å². The van der Waals surface area contributed by atoms with Gasteiger partial charge in [-0.2, -0.15) is 0 Å². The Bertz CT molecular complexity index is 402. The molecule has 0 spiro atoms. The summed E-state index contributed by atoms with van der Waals surface area (Å²) in [6, 6.07) is 4.68. The van der Waals surface area contributed by atoms with Gasteiger partial charge in [-0.1, -0.05) is 25.8 Å². The minimum absolute atomic E-state index is 0.000556. The molecular weight excluding hydrogens is 283 g/mol. The number of carbonyl (C=O) groups excluding carboxylic acids is 1. The molecule has 92 valence electrons. The number of rotatable bonds is 2. The van der Waals surface area contributed by atoms with Crippen LogP contribution in [0, 0.1) is 17.7 Å². The summed E-state index contributed by atoms with van der Waals surface area (Å²) >= 11 is 3.27. The van der Waals surface area contributed by atoms with Crippen molar-refractivity contribution in [3.63, 3.8) is 0 Å². The lowest BCUT2D eigenvalue weighted by Gasteiger charge is -2.25. The maximum Gasteiger partial charge on any atom is 0.170 e. The number of hydrogen-bond donors (Lipinski definition) is 0. The Hall–Kier alpha value is -0.700. The third-order valence-corrected chi connectivity index (χ3v) is 4.26. The van der Waals surface area contributed by atoms with Gasteiger partial charge in [-0.25, -0.2) is 4.39 Å². The van der Waals surface area contributed by atoms with E-state index in [2.05, 4.69) is 22.9 Å². The summed E-state index contributed by atoms with van der Waals surface area (Å²) in [5.41, 5.74) is 0.229. The average Bonchev–Trinajstić information content (AvgIpc) is 2.29. The van der Waals surface area contributed by atoms with Gasteiger partial charge in [-0.3, -0.25) is 4.79 Å². The second-order valence-electron chi connectivity index (χ2n) is 4.92. The molecule has 3 heteroatoms. The van der Waals surface area contributed by atoms with Crippen molar-refractivity contribution in [1.29, 1.82) is 0 Å². The van der Waals surface area contributed by atoms with Gasteiger partial charge in [0.2, 0.25) is 0 Å². The summed E-state index contributed by atoms with van der Waals surface area (Å²) < 4.78 is 14.3. The summed E-state index contributed by atoms with van der Waals surface area (Å²) in [6.45, 7) is 2.21. The van der Waals surface area contributed by atoms with Crippen LogP contribution in [0.5, 0.6) is 0 Å². The number of hydrogen-bond acceptors (Lipinski definition) is 1. The van der Waals surface area contributed by atoms with Crippen LogP contribution in [0.15, 0.2) is 22.7 Å². The van der Waals surface area contributed by atoms with Gasteiger partial charge in [0.15, 0.2) is 5.78 Å². The van der Waals surface area contributed by atoms with Crippen LogP contribution in [0.2, 0.25) is 0 Å². The van der Waals surface area contributed by atoms with E-state index < -0.39 is 5.82 Å². The Morgan fingerprint density at radius 2 is 1.94 bits per heavy atom. The van der Waals surface area contributed by atoms with E-state index >= 15 is 0 Å². The Labute approximate surface area is 110 Å². The number of carbonyl (C=O) groups is 1. The predicted molar refractivity (Wildman–Crippen MR) is 69.6 cm³/mol. The van der Waals surface area contributed by atoms with Gasteiger partial charge in [0.25, 0.3) is 0 Å². The fourth-order valence-electron chi connectivity index (χ4n) is 2.46. The monoisotopic (exact) mass is 298 g/mol. The van der Waals surface area contributed by atoms with Crippen LogP contribution in [-0.4, -0.2) is 5.78 Å². The molecule has 0 N–H and O–H groups in total. The number of Topliss-reactive ketones (excluding diaryl/α,β-unsaturated/α-hetero) is 1. The van der Waals surface area contributed by atoms with Crippen LogP contribution < -0.4 is 0 Å². The van der Waals surface area contributed by atoms with Gasteiger partial charge in [0, 0.05) is 10.4 Å². The number of halogens is 2. The molecule has 2 rings (SSSR count). The third-order valence-electron chi connectivity index (χ3n) is 3.60. The quantitative estimate of drug-likeness (QED) is 0.730. The SMILES string of the molecule is CC1CCC(C(=O)c2c(F)cccc2Br)CC1. The van der Waals surface area contributed by atoms with E-state index in [1.165, 1.54) is 6.07 Å². The molecule has 1 saturated carbocycles. The van der Waals surface area contributed by atoms with Crippen molar-refractivity contribution < 1.29 is 9.18 Å².